The van der Waals surface area contributed by atoms with Gasteiger partial charge in [0, 0.05) is 17.5 Å². The van der Waals surface area contributed by atoms with Crippen LogP contribution in [0.4, 0.5) is 0 Å². The number of carbonyl (C=O) groups excluding carboxylic acids is 1. The number of nitrogens with one attached hydrogen (secondary N) is 1. The van der Waals surface area contributed by atoms with E-state index in [4.69, 9.17) is 4.74 Å². The molecule has 1 fully saturated rings. The number of aliphatic hydroxyl groups is 2. The first kappa shape index (κ1) is 16.8. The normalized spacial score (nSPS) is 26.6. The molecule has 1 saturated heterocycles. The summed E-state index contributed by atoms with van der Waals surface area (Å²) >= 11 is 1.31. The number of aromatic amines is 1. The molecule has 2 aromatic heterocycles. The molecule has 8 nitrogen and oxygen atoms in total. The second-order valence-electron chi connectivity index (χ2n) is 5.60. The van der Waals surface area contributed by atoms with Crippen molar-refractivity contribution in [3.63, 3.8) is 0 Å². The number of ether oxygens (including phenoxy) is 1. The van der Waals surface area contributed by atoms with Crippen LogP contribution >= 0.6 is 11.3 Å². The lowest BCUT2D eigenvalue weighted by Crippen LogP contribution is -2.49. The standard InChI is InChI=1S/C15H16N2O6S/c1-8(19)15(5-10(20)11(7-18)23-15)17-6-9(12-3-2-4-24-12)13(21)16-14(17)22/h2-4,6,10-11,18,20H,5,7H2,1H3,(H,16,21,22)/t10-,11+,15-/m0/s1. The second kappa shape index (κ2) is 6.10. The van der Waals surface area contributed by atoms with Gasteiger partial charge in [0.2, 0.25) is 5.72 Å². The molecule has 0 aliphatic carbocycles. The van der Waals surface area contributed by atoms with Gasteiger partial charge in [-0.25, -0.2) is 4.79 Å². The molecular weight excluding hydrogens is 336 g/mol. The van der Waals surface area contributed by atoms with Crippen molar-refractivity contribution in [2.45, 2.75) is 31.3 Å². The third-order valence-corrected chi connectivity index (χ3v) is 5.01. The van der Waals surface area contributed by atoms with Crippen LogP contribution in [-0.2, 0) is 15.3 Å². The molecule has 1 aliphatic rings. The van der Waals surface area contributed by atoms with Crippen molar-refractivity contribution >= 4 is 17.1 Å². The van der Waals surface area contributed by atoms with Crippen molar-refractivity contribution in [1.82, 2.24) is 9.55 Å². The van der Waals surface area contributed by atoms with Gasteiger partial charge in [-0.3, -0.25) is 19.1 Å². The molecule has 128 valence electrons. The van der Waals surface area contributed by atoms with Gasteiger partial charge in [-0.2, -0.15) is 0 Å². The number of rotatable bonds is 4. The first-order chi connectivity index (χ1) is 11.4. The number of hydrogen-bond acceptors (Lipinski definition) is 7. The van der Waals surface area contributed by atoms with Crippen LogP contribution in [0.15, 0.2) is 33.3 Å². The van der Waals surface area contributed by atoms with Gasteiger partial charge in [-0.05, 0) is 18.4 Å². The molecule has 0 aromatic carbocycles. The summed E-state index contributed by atoms with van der Waals surface area (Å²) in [4.78, 5) is 39.4. The molecule has 2 aromatic rings. The van der Waals surface area contributed by atoms with Crippen LogP contribution in [0, 0.1) is 0 Å². The molecule has 0 amide bonds. The van der Waals surface area contributed by atoms with Crippen LogP contribution in [0.1, 0.15) is 13.3 Å². The molecule has 3 N–H and O–H groups in total. The first-order valence-electron chi connectivity index (χ1n) is 7.27. The van der Waals surface area contributed by atoms with Crippen LogP contribution in [-0.4, -0.2) is 44.4 Å². The zero-order chi connectivity index (χ0) is 17.5. The Bertz CT molecular complexity index is 871. The maximum atomic E-state index is 12.3. The molecule has 0 radical (unpaired) electrons. The van der Waals surface area contributed by atoms with Crippen molar-refractivity contribution in [3.05, 3.63) is 44.5 Å². The van der Waals surface area contributed by atoms with Crippen molar-refractivity contribution in [2.24, 2.45) is 0 Å². The van der Waals surface area contributed by atoms with E-state index in [9.17, 15) is 24.6 Å². The highest BCUT2D eigenvalue weighted by Crippen LogP contribution is 2.35. The van der Waals surface area contributed by atoms with Crippen LogP contribution in [0.2, 0.25) is 0 Å². The number of Topliss-reactive ketones (excluding diaryl/α,β-unsaturated/α-hetero) is 1. The topological polar surface area (TPSA) is 122 Å². The SMILES string of the molecule is CC(=O)[C@]1(n2cc(-c3cccs3)c(=O)[nH]c2=O)C[C@H](O)[C@@H](CO)O1. The van der Waals surface area contributed by atoms with E-state index in [0.717, 1.165) is 4.57 Å². The largest absolute Gasteiger partial charge is 0.394 e. The van der Waals surface area contributed by atoms with Gasteiger partial charge in [-0.15, -0.1) is 11.3 Å². The molecule has 0 saturated carbocycles. The van der Waals surface area contributed by atoms with Crippen LogP contribution in [0.5, 0.6) is 0 Å². The molecule has 3 heterocycles. The van der Waals surface area contributed by atoms with Gasteiger partial charge in [0.15, 0.2) is 5.78 Å². The second-order valence-corrected chi connectivity index (χ2v) is 6.55. The van der Waals surface area contributed by atoms with E-state index in [1.807, 2.05) is 0 Å². The van der Waals surface area contributed by atoms with Gasteiger partial charge in [0.05, 0.1) is 18.3 Å². The average molecular weight is 352 g/mol. The lowest BCUT2D eigenvalue weighted by molar-refractivity contribution is -0.160. The molecule has 24 heavy (non-hydrogen) atoms. The van der Waals surface area contributed by atoms with E-state index in [1.165, 1.54) is 24.5 Å². The summed E-state index contributed by atoms with van der Waals surface area (Å²) in [5.74, 6) is -0.510. The average Bonchev–Trinajstić information content (AvgIpc) is 3.15. The van der Waals surface area contributed by atoms with E-state index >= 15 is 0 Å². The Morgan fingerprint density at radius 3 is 2.83 bits per heavy atom. The van der Waals surface area contributed by atoms with Gasteiger partial charge in [-0.1, -0.05) is 6.07 Å². The zero-order valence-electron chi connectivity index (χ0n) is 12.8. The molecule has 3 atom stereocenters. The highest BCUT2D eigenvalue weighted by atomic mass is 32.1. The Hall–Kier alpha value is -2.07. The Kier molecular flexibility index (Phi) is 4.26. The number of carbonyl (C=O) groups is 1. The van der Waals surface area contributed by atoms with E-state index in [2.05, 4.69) is 4.98 Å². The summed E-state index contributed by atoms with van der Waals surface area (Å²) in [5.41, 5.74) is -2.94. The predicted octanol–water partition coefficient (Wildman–Crippen LogP) is -0.351. The first-order valence-corrected chi connectivity index (χ1v) is 8.15. The molecule has 0 spiro atoms. The maximum absolute atomic E-state index is 12.3. The summed E-state index contributed by atoms with van der Waals surface area (Å²) in [5, 5.41) is 21.1. The van der Waals surface area contributed by atoms with Crippen molar-refractivity contribution in [3.8, 4) is 10.4 Å². The van der Waals surface area contributed by atoms with E-state index in [0.29, 0.717) is 4.88 Å². The fraction of sp³-hybridized carbons (Fsp3) is 0.400. The number of hydrogen-bond donors (Lipinski definition) is 3. The van der Waals surface area contributed by atoms with Crippen molar-refractivity contribution < 1.29 is 19.7 Å². The molecule has 3 rings (SSSR count). The third kappa shape index (κ3) is 2.55. The number of aliphatic hydroxyl groups excluding tert-OH is 2. The zero-order valence-corrected chi connectivity index (χ0v) is 13.6. The fourth-order valence-electron chi connectivity index (χ4n) is 2.85. The summed E-state index contributed by atoms with van der Waals surface area (Å²) < 4.78 is 6.54. The summed E-state index contributed by atoms with van der Waals surface area (Å²) in [6.45, 7) is 0.737. The predicted molar refractivity (Wildman–Crippen MR) is 85.9 cm³/mol. The van der Waals surface area contributed by atoms with Crippen LogP contribution in [0.25, 0.3) is 10.4 Å². The molecule has 1 aliphatic heterocycles. The van der Waals surface area contributed by atoms with Gasteiger partial charge in [0.25, 0.3) is 5.56 Å². The summed E-state index contributed by atoms with van der Waals surface area (Å²) in [7, 11) is 0. The smallest absolute Gasteiger partial charge is 0.331 e. The third-order valence-electron chi connectivity index (χ3n) is 4.11. The maximum Gasteiger partial charge on any atom is 0.331 e. The Balaban J connectivity index is 2.20. The Morgan fingerprint density at radius 1 is 1.54 bits per heavy atom. The number of H-pyrrole nitrogens is 1. The highest BCUT2D eigenvalue weighted by molar-refractivity contribution is 7.13. The summed E-state index contributed by atoms with van der Waals surface area (Å²) in [6.07, 6.45) is -1.02. The van der Waals surface area contributed by atoms with Crippen molar-refractivity contribution in [1.29, 1.82) is 0 Å². The molecular formula is C15H16N2O6S. The van der Waals surface area contributed by atoms with Gasteiger partial charge < -0.3 is 14.9 Å². The minimum absolute atomic E-state index is 0.191. The monoisotopic (exact) mass is 352 g/mol. The highest BCUT2D eigenvalue weighted by Gasteiger charge is 2.51. The molecule has 0 unspecified atom stereocenters. The summed E-state index contributed by atoms with van der Waals surface area (Å²) in [6, 6.07) is 3.47. The number of ketones is 1. The van der Waals surface area contributed by atoms with Crippen LogP contribution in [0.3, 0.4) is 0 Å². The van der Waals surface area contributed by atoms with E-state index < -0.39 is 41.6 Å². The minimum Gasteiger partial charge on any atom is -0.394 e. The number of thiophene rings is 1. The number of aromatic nitrogens is 2. The van der Waals surface area contributed by atoms with Gasteiger partial charge >= 0.3 is 5.69 Å². The van der Waals surface area contributed by atoms with Crippen LogP contribution < -0.4 is 11.2 Å². The molecule has 0 bridgehead atoms. The number of nitrogens with zero attached hydrogens (tertiary/aromatic N) is 1. The van der Waals surface area contributed by atoms with Gasteiger partial charge in [0.1, 0.15) is 6.10 Å². The fourth-order valence-corrected chi connectivity index (χ4v) is 3.58. The van der Waals surface area contributed by atoms with Crippen molar-refractivity contribution in [2.75, 3.05) is 6.61 Å². The lowest BCUT2D eigenvalue weighted by Gasteiger charge is -2.28. The van der Waals surface area contributed by atoms with E-state index in [1.54, 1.807) is 17.5 Å². The lowest BCUT2D eigenvalue weighted by atomic mass is 10.0. The Morgan fingerprint density at radius 2 is 2.29 bits per heavy atom. The molecule has 9 heteroatoms. The quantitative estimate of drug-likeness (QED) is 0.691. The minimum atomic E-state index is -1.76. The van der Waals surface area contributed by atoms with E-state index in [-0.39, 0.29) is 12.0 Å². The Labute approximate surface area is 140 Å².